The largest absolute Gasteiger partial charge is 0.481 e. The topological polar surface area (TPSA) is 56.3 Å². The van der Waals surface area contributed by atoms with Gasteiger partial charge in [0.25, 0.3) is 0 Å². The highest BCUT2D eigenvalue weighted by Crippen LogP contribution is 2.17. The highest BCUT2D eigenvalue weighted by atomic mass is 16.5. The predicted octanol–water partition coefficient (Wildman–Crippen LogP) is 1.48. The zero-order valence-corrected chi connectivity index (χ0v) is 9.15. The summed E-state index contributed by atoms with van der Waals surface area (Å²) >= 11 is 0. The number of hydrogen-bond donors (Lipinski definition) is 1. The molecule has 1 unspecified atom stereocenters. The molecule has 0 radical (unpaired) electrons. The van der Waals surface area contributed by atoms with Crippen LogP contribution in [0, 0.1) is 0 Å². The van der Waals surface area contributed by atoms with Crippen molar-refractivity contribution in [1.82, 2.24) is 9.97 Å². The van der Waals surface area contributed by atoms with Gasteiger partial charge in [-0.15, -0.1) is 6.58 Å². The molecule has 0 saturated carbocycles. The van der Waals surface area contributed by atoms with Gasteiger partial charge < -0.3 is 14.8 Å². The van der Waals surface area contributed by atoms with Gasteiger partial charge in [0.15, 0.2) is 0 Å². The Balaban J connectivity index is 2.91. The highest BCUT2D eigenvalue weighted by Gasteiger charge is 2.06. The Morgan fingerprint density at radius 1 is 1.33 bits per heavy atom. The molecule has 1 rings (SSSR count). The maximum Gasteiger partial charge on any atom is 0.229 e. The SMILES string of the molecule is C=CC(C)Nc1nc(OC)cc(OC)n1. The van der Waals surface area contributed by atoms with Crippen LogP contribution in [0.4, 0.5) is 5.95 Å². The van der Waals surface area contributed by atoms with Crippen molar-refractivity contribution in [1.29, 1.82) is 0 Å². The van der Waals surface area contributed by atoms with Crippen molar-refractivity contribution in [2.45, 2.75) is 13.0 Å². The van der Waals surface area contributed by atoms with Gasteiger partial charge in [0.1, 0.15) is 0 Å². The number of aromatic nitrogens is 2. The lowest BCUT2D eigenvalue weighted by molar-refractivity contribution is 0.372. The minimum absolute atomic E-state index is 0.0850. The van der Waals surface area contributed by atoms with Crippen LogP contribution in [0.5, 0.6) is 11.8 Å². The van der Waals surface area contributed by atoms with Crippen LogP contribution >= 0.6 is 0 Å². The van der Waals surface area contributed by atoms with Gasteiger partial charge in [-0.05, 0) is 6.92 Å². The number of ether oxygens (including phenoxy) is 2. The van der Waals surface area contributed by atoms with Crippen molar-refractivity contribution in [3.63, 3.8) is 0 Å². The minimum atomic E-state index is 0.0850. The zero-order valence-electron chi connectivity index (χ0n) is 9.15. The molecule has 1 N–H and O–H groups in total. The molecule has 15 heavy (non-hydrogen) atoms. The molecule has 82 valence electrons. The molecule has 1 aromatic heterocycles. The first-order chi connectivity index (χ1) is 7.19. The van der Waals surface area contributed by atoms with E-state index in [4.69, 9.17) is 9.47 Å². The molecule has 0 spiro atoms. The Hall–Kier alpha value is -1.78. The normalized spacial score (nSPS) is 11.7. The molecule has 5 heteroatoms. The maximum atomic E-state index is 5.02. The fourth-order valence-corrected chi connectivity index (χ4v) is 0.940. The lowest BCUT2D eigenvalue weighted by Gasteiger charge is -2.10. The Morgan fingerprint density at radius 2 is 1.87 bits per heavy atom. The maximum absolute atomic E-state index is 5.02. The molecule has 1 heterocycles. The van der Waals surface area contributed by atoms with Gasteiger partial charge >= 0.3 is 0 Å². The molecule has 0 aliphatic heterocycles. The Bertz CT molecular complexity index is 319. The molecule has 1 aromatic rings. The first kappa shape index (κ1) is 11.3. The average molecular weight is 209 g/mol. The minimum Gasteiger partial charge on any atom is -0.481 e. The smallest absolute Gasteiger partial charge is 0.229 e. The van der Waals surface area contributed by atoms with Crippen LogP contribution in [0.3, 0.4) is 0 Å². The van der Waals surface area contributed by atoms with Gasteiger partial charge in [-0.2, -0.15) is 9.97 Å². The van der Waals surface area contributed by atoms with Crippen LogP contribution in [0.2, 0.25) is 0 Å². The van der Waals surface area contributed by atoms with E-state index in [9.17, 15) is 0 Å². The summed E-state index contributed by atoms with van der Waals surface area (Å²) in [5.74, 6) is 1.37. The second-order valence-electron chi connectivity index (χ2n) is 2.94. The van der Waals surface area contributed by atoms with Crippen LogP contribution in [0.25, 0.3) is 0 Å². The average Bonchev–Trinajstić information content (AvgIpc) is 2.28. The molecular weight excluding hydrogens is 194 g/mol. The number of methoxy groups -OCH3 is 2. The lowest BCUT2D eigenvalue weighted by atomic mass is 10.3. The monoisotopic (exact) mass is 209 g/mol. The van der Waals surface area contributed by atoms with E-state index in [0.29, 0.717) is 17.7 Å². The van der Waals surface area contributed by atoms with E-state index in [1.54, 1.807) is 26.4 Å². The van der Waals surface area contributed by atoms with E-state index in [1.807, 2.05) is 6.92 Å². The molecule has 0 aliphatic rings. The van der Waals surface area contributed by atoms with Crippen molar-refractivity contribution in [2.24, 2.45) is 0 Å². The van der Waals surface area contributed by atoms with Crippen molar-refractivity contribution < 1.29 is 9.47 Å². The summed E-state index contributed by atoms with van der Waals surface area (Å²) in [5.41, 5.74) is 0. The van der Waals surface area contributed by atoms with E-state index in [-0.39, 0.29) is 6.04 Å². The second-order valence-corrected chi connectivity index (χ2v) is 2.94. The number of nitrogens with zero attached hydrogens (tertiary/aromatic N) is 2. The lowest BCUT2D eigenvalue weighted by Crippen LogP contribution is -2.14. The van der Waals surface area contributed by atoms with Gasteiger partial charge in [-0.25, -0.2) is 0 Å². The third-order valence-electron chi connectivity index (χ3n) is 1.81. The molecular formula is C10H15N3O2. The quantitative estimate of drug-likeness (QED) is 0.744. The first-order valence-corrected chi connectivity index (χ1v) is 4.55. The number of hydrogen-bond acceptors (Lipinski definition) is 5. The zero-order chi connectivity index (χ0) is 11.3. The van der Waals surface area contributed by atoms with Gasteiger partial charge in [-0.1, -0.05) is 6.08 Å². The number of nitrogens with one attached hydrogen (secondary N) is 1. The molecule has 5 nitrogen and oxygen atoms in total. The van der Waals surface area contributed by atoms with Crippen LogP contribution < -0.4 is 14.8 Å². The summed E-state index contributed by atoms with van der Waals surface area (Å²) in [6.07, 6.45) is 1.76. The highest BCUT2D eigenvalue weighted by molar-refractivity contribution is 5.35. The summed E-state index contributed by atoms with van der Waals surface area (Å²) in [6.45, 7) is 5.61. The molecule has 0 bridgehead atoms. The van der Waals surface area contributed by atoms with Crippen LogP contribution in [-0.2, 0) is 0 Å². The van der Waals surface area contributed by atoms with Gasteiger partial charge in [0.2, 0.25) is 17.7 Å². The molecule has 0 aliphatic carbocycles. The number of anilines is 1. The summed E-state index contributed by atoms with van der Waals surface area (Å²) in [5, 5.41) is 3.04. The summed E-state index contributed by atoms with van der Waals surface area (Å²) in [7, 11) is 3.09. The molecule has 0 saturated heterocycles. The van der Waals surface area contributed by atoms with E-state index < -0.39 is 0 Å². The van der Waals surface area contributed by atoms with Crippen molar-refractivity contribution in [3.05, 3.63) is 18.7 Å². The van der Waals surface area contributed by atoms with E-state index >= 15 is 0 Å². The van der Waals surface area contributed by atoms with Crippen molar-refractivity contribution >= 4 is 5.95 Å². The van der Waals surface area contributed by atoms with Crippen LogP contribution in [0.1, 0.15) is 6.92 Å². The van der Waals surface area contributed by atoms with E-state index in [1.165, 1.54) is 0 Å². The van der Waals surface area contributed by atoms with E-state index in [2.05, 4.69) is 21.9 Å². The summed E-state index contributed by atoms with van der Waals surface area (Å²) in [6, 6.07) is 1.70. The Kier molecular flexibility index (Phi) is 3.91. The fraction of sp³-hybridized carbons (Fsp3) is 0.400. The second kappa shape index (κ2) is 5.19. The standard InChI is InChI=1S/C10H15N3O2/c1-5-7(2)11-10-12-8(14-3)6-9(13-10)15-4/h5-7H,1H2,2-4H3,(H,11,12,13). The van der Waals surface area contributed by atoms with Crippen molar-refractivity contribution in [3.8, 4) is 11.8 Å². The number of rotatable bonds is 5. The third-order valence-corrected chi connectivity index (χ3v) is 1.81. The van der Waals surface area contributed by atoms with Gasteiger partial charge in [0.05, 0.1) is 20.3 Å². The third kappa shape index (κ3) is 3.12. The predicted molar refractivity (Wildman–Crippen MR) is 58.4 cm³/mol. The van der Waals surface area contributed by atoms with E-state index in [0.717, 1.165) is 0 Å². The van der Waals surface area contributed by atoms with Crippen LogP contribution in [-0.4, -0.2) is 30.2 Å². The molecule has 1 atom stereocenters. The van der Waals surface area contributed by atoms with Crippen molar-refractivity contribution in [2.75, 3.05) is 19.5 Å². The van der Waals surface area contributed by atoms with Gasteiger partial charge in [-0.3, -0.25) is 0 Å². The molecule has 0 aromatic carbocycles. The molecule has 0 fully saturated rings. The van der Waals surface area contributed by atoms with Gasteiger partial charge in [0, 0.05) is 6.04 Å². The van der Waals surface area contributed by atoms with Crippen LogP contribution in [0.15, 0.2) is 18.7 Å². The Morgan fingerprint density at radius 3 is 2.27 bits per heavy atom. The summed E-state index contributed by atoms with van der Waals surface area (Å²) in [4.78, 5) is 8.23. The summed E-state index contributed by atoms with van der Waals surface area (Å²) < 4.78 is 10.0. The molecule has 0 amide bonds. The first-order valence-electron chi connectivity index (χ1n) is 4.55. The fourth-order valence-electron chi connectivity index (χ4n) is 0.940. The Labute approximate surface area is 89.1 Å².